The fourth-order valence-corrected chi connectivity index (χ4v) is 2.96. The predicted octanol–water partition coefficient (Wildman–Crippen LogP) is 4.96. The Hall–Kier alpha value is -2.05. The molecule has 7 heteroatoms. The second-order valence-corrected chi connectivity index (χ2v) is 6.53. The van der Waals surface area contributed by atoms with E-state index in [1.165, 1.54) is 0 Å². The van der Waals surface area contributed by atoms with Gasteiger partial charge >= 0.3 is 0 Å². The number of hydrogen-bond acceptors (Lipinski definition) is 4. The largest absolute Gasteiger partial charge is 0.480 e. The second-order valence-electron chi connectivity index (χ2n) is 5.24. The molecular weight excluding hydrogens is 396 g/mol. The predicted molar refractivity (Wildman–Crippen MR) is 96.6 cm³/mol. The average Bonchev–Trinajstić information content (AvgIpc) is 2.89. The summed E-state index contributed by atoms with van der Waals surface area (Å²) in [6.07, 6.45) is -0.683. The third-order valence-electron chi connectivity index (χ3n) is 3.33. The molecule has 1 atom stereocenters. The Morgan fingerprint density at radius 1 is 1.33 bits per heavy atom. The summed E-state index contributed by atoms with van der Waals surface area (Å²) in [6.45, 7) is 3.45. The molecule has 1 amide bonds. The SMILES string of the molecule is Cc1nc2cc(NC(=O)C(C)Oc3ccc(Cl)cc3Br)ccc2o1. The van der Waals surface area contributed by atoms with E-state index < -0.39 is 6.10 Å². The Morgan fingerprint density at radius 2 is 2.12 bits per heavy atom. The Kier molecular flexibility index (Phi) is 4.78. The average molecular weight is 410 g/mol. The number of carbonyl (C=O) groups is 1. The number of amides is 1. The number of rotatable bonds is 4. The molecule has 0 spiro atoms. The van der Waals surface area contributed by atoms with E-state index in [2.05, 4.69) is 26.2 Å². The molecule has 0 saturated carbocycles. The Balaban J connectivity index is 1.70. The number of oxazole rings is 1. The normalized spacial score (nSPS) is 12.2. The van der Waals surface area contributed by atoms with Gasteiger partial charge in [-0.2, -0.15) is 0 Å². The zero-order valence-electron chi connectivity index (χ0n) is 13.0. The van der Waals surface area contributed by atoms with Crippen molar-refractivity contribution in [3.8, 4) is 5.75 Å². The zero-order valence-corrected chi connectivity index (χ0v) is 15.3. The van der Waals surface area contributed by atoms with Gasteiger partial charge in [0, 0.05) is 17.6 Å². The maximum absolute atomic E-state index is 12.3. The van der Waals surface area contributed by atoms with E-state index in [0.717, 1.165) is 0 Å². The summed E-state index contributed by atoms with van der Waals surface area (Å²) < 4.78 is 11.8. The molecule has 0 aliphatic rings. The number of aromatic nitrogens is 1. The van der Waals surface area contributed by atoms with Crippen LogP contribution in [-0.4, -0.2) is 17.0 Å². The van der Waals surface area contributed by atoms with E-state index >= 15 is 0 Å². The van der Waals surface area contributed by atoms with Gasteiger partial charge in [0.15, 0.2) is 17.6 Å². The van der Waals surface area contributed by atoms with Gasteiger partial charge in [-0.25, -0.2) is 4.98 Å². The summed E-state index contributed by atoms with van der Waals surface area (Å²) in [5, 5.41) is 3.39. The molecule has 24 heavy (non-hydrogen) atoms. The first kappa shape index (κ1) is 16.8. The monoisotopic (exact) mass is 408 g/mol. The molecule has 0 radical (unpaired) electrons. The first-order valence-electron chi connectivity index (χ1n) is 7.22. The molecule has 0 aliphatic carbocycles. The number of halogens is 2. The molecule has 1 unspecified atom stereocenters. The van der Waals surface area contributed by atoms with Gasteiger partial charge in [-0.15, -0.1) is 0 Å². The summed E-state index contributed by atoms with van der Waals surface area (Å²) >= 11 is 9.26. The van der Waals surface area contributed by atoms with Gasteiger partial charge in [0.05, 0.1) is 4.47 Å². The number of ether oxygens (including phenoxy) is 1. The fraction of sp³-hybridized carbons (Fsp3) is 0.176. The molecule has 3 aromatic rings. The van der Waals surface area contributed by atoms with Gasteiger partial charge in [-0.1, -0.05) is 11.6 Å². The van der Waals surface area contributed by atoms with Crippen molar-refractivity contribution in [3.63, 3.8) is 0 Å². The maximum atomic E-state index is 12.3. The topological polar surface area (TPSA) is 64.4 Å². The number of carbonyl (C=O) groups excluding carboxylic acids is 1. The van der Waals surface area contributed by atoms with Crippen molar-refractivity contribution in [1.29, 1.82) is 0 Å². The lowest BCUT2D eigenvalue weighted by molar-refractivity contribution is -0.122. The van der Waals surface area contributed by atoms with Crippen LogP contribution in [-0.2, 0) is 4.79 Å². The molecule has 124 valence electrons. The molecular formula is C17H14BrClN2O3. The van der Waals surface area contributed by atoms with Crippen molar-refractivity contribution in [3.05, 3.63) is 51.8 Å². The van der Waals surface area contributed by atoms with Crippen LogP contribution >= 0.6 is 27.5 Å². The van der Waals surface area contributed by atoms with Crippen molar-refractivity contribution in [2.75, 3.05) is 5.32 Å². The minimum absolute atomic E-state index is 0.267. The summed E-state index contributed by atoms with van der Waals surface area (Å²) in [6, 6.07) is 10.4. The summed E-state index contributed by atoms with van der Waals surface area (Å²) in [4.78, 5) is 16.6. The third-order valence-corrected chi connectivity index (χ3v) is 4.18. The first-order valence-corrected chi connectivity index (χ1v) is 8.39. The van der Waals surface area contributed by atoms with Gasteiger partial charge in [-0.3, -0.25) is 4.79 Å². The number of hydrogen-bond donors (Lipinski definition) is 1. The first-order chi connectivity index (χ1) is 11.4. The van der Waals surface area contributed by atoms with Crippen LogP contribution in [0.2, 0.25) is 5.02 Å². The van der Waals surface area contributed by atoms with Gasteiger partial charge < -0.3 is 14.5 Å². The molecule has 1 heterocycles. The van der Waals surface area contributed by atoms with Crippen LogP contribution in [0.5, 0.6) is 5.75 Å². The number of anilines is 1. The summed E-state index contributed by atoms with van der Waals surface area (Å²) in [7, 11) is 0. The molecule has 3 rings (SSSR count). The van der Waals surface area contributed by atoms with Gasteiger partial charge in [-0.05, 0) is 59.3 Å². The Morgan fingerprint density at radius 3 is 2.88 bits per heavy atom. The smallest absolute Gasteiger partial charge is 0.265 e. The number of aryl methyl sites for hydroxylation is 1. The highest BCUT2D eigenvalue weighted by atomic mass is 79.9. The second kappa shape index (κ2) is 6.83. The molecule has 2 aromatic carbocycles. The van der Waals surface area contributed by atoms with E-state index in [1.54, 1.807) is 50.2 Å². The van der Waals surface area contributed by atoms with E-state index in [0.29, 0.717) is 37.9 Å². The van der Waals surface area contributed by atoms with E-state index in [4.69, 9.17) is 20.8 Å². The zero-order chi connectivity index (χ0) is 17.3. The number of nitrogens with one attached hydrogen (secondary N) is 1. The van der Waals surface area contributed by atoms with Gasteiger partial charge in [0.1, 0.15) is 11.3 Å². The quantitative estimate of drug-likeness (QED) is 0.661. The van der Waals surface area contributed by atoms with Gasteiger partial charge in [0.25, 0.3) is 5.91 Å². The standard InChI is InChI=1S/C17H14BrClN2O3/c1-9(23-15-5-3-11(19)7-13(15)18)17(22)21-12-4-6-16-14(8-12)20-10(2)24-16/h3-9H,1-2H3,(H,21,22). The van der Waals surface area contributed by atoms with Crippen LogP contribution < -0.4 is 10.1 Å². The lowest BCUT2D eigenvalue weighted by atomic mass is 10.2. The number of benzene rings is 2. The fourth-order valence-electron chi connectivity index (χ4n) is 2.18. The van der Waals surface area contributed by atoms with Crippen molar-refractivity contribution in [2.24, 2.45) is 0 Å². The van der Waals surface area contributed by atoms with Crippen LogP contribution in [0, 0.1) is 6.92 Å². The molecule has 0 saturated heterocycles. The summed E-state index contributed by atoms with van der Waals surface area (Å²) in [5.41, 5.74) is 2.01. The van der Waals surface area contributed by atoms with Crippen LogP contribution in [0.15, 0.2) is 45.3 Å². The molecule has 1 N–H and O–H groups in total. The number of nitrogens with zero attached hydrogens (tertiary/aromatic N) is 1. The number of fused-ring (bicyclic) bond motifs is 1. The Bertz CT molecular complexity index is 910. The van der Waals surface area contributed by atoms with Gasteiger partial charge in [0.2, 0.25) is 0 Å². The van der Waals surface area contributed by atoms with E-state index in [-0.39, 0.29) is 5.91 Å². The molecule has 0 aliphatic heterocycles. The van der Waals surface area contributed by atoms with Crippen LogP contribution in [0.1, 0.15) is 12.8 Å². The third kappa shape index (κ3) is 3.71. The van der Waals surface area contributed by atoms with Crippen LogP contribution in [0.3, 0.4) is 0 Å². The van der Waals surface area contributed by atoms with Crippen molar-refractivity contribution < 1.29 is 13.9 Å². The molecule has 1 aromatic heterocycles. The highest BCUT2D eigenvalue weighted by Gasteiger charge is 2.17. The molecule has 5 nitrogen and oxygen atoms in total. The van der Waals surface area contributed by atoms with Crippen molar-refractivity contribution >= 4 is 50.2 Å². The minimum atomic E-state index is -0.683. The minimum Gasteiger partial charge on any atom is -0.480 e. The molecule has 0 bridgehead atoms. The highest BCUT2D eigenvalue weighted by Crippen LogP contribution is 2.29. The van der Waals surface area contributed by atoms with Crippen LogP contribution in [0.25, 0.3) is 11.1 Å². The van der Waals surface area contributed by atoms with Crippen molar-refractivity contribution in [2.45, 2.75) is 20.0 Å². The lowest BCUT2D eigenvalue weighted by Crippen LogP contribution is -2.30. The molecule has 0 fully saturated rings. The van der Waals surface area contributed by atoms with E-state index in [1.807, 2.05) is 0 Å². The van der Waals surface area contributed by atoms with Crippen LogP contribution in [0.4, 0.5) is 5.69 Å². The maximum Gasteiger partial charge on any atom is 0.265 e. The lowest BCUT2D eigenvalue weighted by Gasteiger charge is -2.16. The highest BCUT2D eigenvalue weighted by molar-refractivity contribution is 9.10. The summed E-state index contributed by atoms with van der Waals surface area (Å²) in [5.74, 6) is 0.860. The van der Waals surface area contributed by atoms with Crippen molar-refractivity contribution in [1.82, 2.24) is 4.98 Å². The van der Waals surface area contributed by atoms with E-state index in [9.17, 15) is 4.79 Å². The Labute approximate surface area is 152 Å².